The van der Waals surface area contributed by atoms with Gasteiger partial charge in [0.2, 0.25) is 5.72 Å². The van der Waals surface area contributed by atoms with E-state index in [1.807, 2.05) is 72.8 Å². The van der Waals surface area contributed by atoms with Crippen LogP contribution in [0.15, 0.2) is 103 Å². The summed E-state index contributed by atoms with van der Waals surface area (Å²) in [4.78, 5) is 45.6. The largest absolute Gasteiger partial charge is 0.463 e. The van der Waals surface area contributed by atoms with Gasteiger partial charge in [0.25, 0.3) is 11.8 Å². The minimum atomic E-state index is -1.11. The van der Waals surface area contributed by atoms with Gasteiger partial charge in [0.15, 0.2) is 6.29 Å². The molecule has 238 valence electrons. The first-order valence-corrected chi connectivity index (χ1v) is 15.9. The Labute approximate surface area is 271 Å². The Bertz CT molecular complexity index is 1630. The molecule has 0 saturated carbocycles. The summed E-state index contributed by atoms with van der Waals surface area (Å²) in [5.41, 5.74) is 2.85. The van der Waals surface area contributed by atoms with Crippen LogP contribution in [-0.4, -0.2) is 73.9 Å². The molecule has 1 fully saturated rings. The van der Waals surface area contributed by atoms with Crippen LogP contribution in [0.4, 0.5) is 11.4 Å². The van der Waals surface area contributed by atoms with Crippen molar-refractivity contribution in [3.63, 3.8) is 0 Å². The number of hydrogen-bond donors (Lipinski definition) is 1. The molecule has 4 aromatic rings. The number of unbranched alkanes of at least 4 members (excludes halogenated alkanes) is 1. The van der Waals surface area contributed by atoms with Crippen molar-refractivity contribution in [1.82, 2.24) is 9.80 Å². The predicted octanol–water partition coefficient (Wildman–Crippen LogP) is 6.59. The summed E-state index contributed by atoms with van der Waals surface area (Å²) in [7, 11) is 3.78. The number of aldehydes is 1. The summed E-state index contributed by atoms with van der Waals surface area (Å²) in [6.45, 7) is 5.23. The number of anilines is 2. The van der Waals surface area contributed by atoms with Gasteiger partial charge in [0.1, 0.15) is 5.75 Å². The van der Waals surface area contributed by atoms with E-state index in [9.17, 15) is 14.4 Å². The first-order valence-electron chi connectivity index (χ1n) is 15.9. The van der Waals surface area contributed by atoms with Crippen LogP contribution in [0.1, 0.15) is 46.9 Å². The van der Waals surface area contributed by atoms with Crippen LogP contribution in [0.3, 0.4) is 0 Å². The summed E-state index contributed by atoms with van der Waals surface area (Å²) in [5.74, 6) is -0.00142. The van der Waals surface area contributed by atoms with Gasteiger partial charge < -0.3 is 19.9 Å². The zero-order valence-corrected chi connectivity index (χ0v) is 26.8. The summed E-state index contributed by atoms with van der Waals surface area (Å²) in [6, 6.07) is 31.4. The Morgan fingerprint density at radius 2 is 1.52 bits per heavy atom. The topological polar surface area (TPSA) is 82.2 Å². The maximum absolute atomic E-state index is 13.7. The Hall–Kier alpha value is -4.79. The average Bonchev–Trinajstić information content (AvgIpc) is 3.10. The van der Waals surface area contributed by atoms with Crippen LogP contribution in [-0.2, 0) is 4.79 Å². The molecule has 5 rings (SSSR count). The van der Waals surface area contributed by atoms with Crippen molar-refractivity contribution in [2.75, 3.05) is 50.5 Å². The van der Waals surface area contributed by atoms with Crippen LogP contribution in [0.25, 0.3) is 11.1 Å². The van der Waals surface area contributed by atoms with Gasteiger partial charge in [-0.2, -0.15) is 0 Å². The van der Waals surface area contributed by atoms with Crippen molar-refractivity contribution in [1.29, 1.82) is 0 Å². The van der Waals surface area contributed by atoms with Crippen LogP contribution >= 0.6 is 0 Å². The highest BCUT2D eigenvalue weighted by molar-refractivity contribution is 6.09. The zero-order chi connectivity index (χ0) is 32.5. The first kappa shape index (κ1) is 32.6. The number of para-hydroxylation sites is 2. The quantitative estimate of drug-likeness (QED) is 0.180. The van der Waals surface area contributed by atoms with Crippen molar-refractivity contribution in [3.05, 3.63) is 114 Å². The number of nitrogens with one attached hydrogen (secondary N) is 1. The molecule has 4 aromatic carbocycles. The number of amides is 2. The minimum absolute atomic E-state index is 0.233. The maximum Gasteiger partial charge on any atom is 0.258 e. The SMILES string of the molecule is CCCCC(C=O)(Oc1ccccc1N(C)C(=O)c1ccc(NC(=O)c2ccccc2-c2ccccc2)cc1)N1CCN(C)CC1. The molecule has 1 heterocycles. The highest BCUT2D eigenvalue weighted by atomic mass is 16.5. The molecule has 0 bridgehead atoms. The molecule has 2 amide bonds. The van der Waals surface area contributed by atoms with Gasteiger partial charge in [0.05, 0.1) is 5.69 Å². The summed E-state index contributed by atoms with van der Waals surface area (Å²) >= 11 is 0. The third kappa shape index (κ3) is 7.36. The number of carbonyl (C=O) groups is 3. The number of rotatable bonds is 12. The Morgan fingerprint density at radius 3 is 2.22 bits per heavy atom. The predicted molar refractivity (Wildman–Crippen MR) is 183 cm³/mol. The zero-order valence-electron chi connectivity index (χ0n) is 26.8. The van der Waals surface area contributed by atoms with Gasteiger partial charge in [-0.25, -0.2) is 0 Å². The van der Waals surface area contributed by atoms with E-state index in [-0.39, 0.29) is 11.8 Å². The second-order valence-corrected chi connectivity index (χ2v) is 11.7. The monoisotopic (exact) mass is 618 g/mol. The van der Waals surface area contributed by atoms with Gasteiger partial charge in [-0.05, 0) is 67.1 Å². The molecule has 1 aliphatic rings. The highest BCUT2D eigenvalue weighted by Crippen LogP contribution is 2.34. The van der Waals surface area contributed by atoms with Gasteiger partial charge in [-0.15, -0.1) is 0 Å². The number of carbonyl (C=O) groups excluding carboxylic acids is 3. The van der Waals surface area contributed by atoms with E-state index in [0.717, 1.165) is 56.4 Å². The average molecular weight is 619 g/mol. The minimum Gasteiger partial charge on any atom is -0.463 e. The number of likely N-dealkylation sites (N-methyl/N-ethyl adjacent to an activating group) is 1. The third-order valence-electron chi connectivity index (χ3n) is 8.58. The maximum atomic E-state index is 13.7. The fourth-order valence-electron chi connectivity index (χ4n) is 5.81. The fourth-order valence-corrected chi connectivity index (χ4v) is 5.81. The van der Waals surface area contributed by atoms with E-state index in [1.54, 1.807) is 42.3 Å². The molecule has 8 heteroatoms. The van der Waals surface area contributed by atoms with Crippen LogP contribution in [0.5, 0.6) is 5.75 Å². The third-order valence-corrected chi connectivity index (χ3v) is 8.58. The summed E-state index contributed by atoms with van der Waals surface area (Å²) in [6.07, 6.45) is 3.26. The molecule has 1 atom stereocenters. The van der Waals surface area contributed by atoms with Crippen LogP contribution in [0, 0.1) is 0 Å². The Kier molecular flexibility index (Phi) is 10.6. The van der Waals surface area contributed by atoms with E-state index >= 15 is 0 Å². The van der Waals surface area contributed by atoms with Crippen molar-refractivity contribution in [2.45, 2.75) is 31.9 Å². The number of piperazine rings is 1. The number of benzene rings is 4. The lowest BCUT2D eigenvalue weighted by atomic mass is 9.99. The van der Waals surface area contributed by atoms with E-state index < -0.39 is 5.72 Å². The first-order chi connectivity index (χ1) is 22.3. The number of nitrogens with zero attached hydrogens (tertiary/aromatic N) is 3. The molecule has 1 aliphatic heterocycles. The van der Waals surface area contributed by atoms with E-state index in [4.69, 9.17) is 4.74 Å². The fraction of sp³-hybridized carbons (Fsp3) is 0.289. The molecule has 0 spiro atoms. The van der Waals surface area contributed by atoms with E-state index in [0.29, 0.717) is 34.7 Å². The van der Waals surface area contributed by atoms with E-state index in [2.05, 4.69) is 29.1 Å². The van der Waals surface area contributed by atoms with E-state index in [1.165, 1.54) is 0 Å². The number of hydrogen-bond acceptors (Lipinski definition) is 6. The molecule has 0 aliphatic carbocycles. The summed E-state index contributed by atoms with van der Waals surface area (Å²) in [5, 5.41) is 2.96. The molecule has 46 heavy (non-hydrogen) atoms. The normalized spacial score (nSPS) is 15.0. The molecule has 1 N–H and O–H groups in total. The lowest BCUT2D eigenvalue weighted by Crippen LogP contribution is -2.60. The lowest BCUT2D eigenvalue weighted by Gasteiger charge is -2.44. The van der Waals surface area contributed by atoms with Crippen molar-refractivity contribution >= 4 is 29.5 Å². The highest BCUT2D eigenvalue weighted by Gasteiger charge is 2.40. The van der Waals surface area contributed by atoms with Gasteiger partial charge in [-0.1, -0.05) is 74.0 Å². The molecule has 8 nitrogen and oxygen atoms in total. The van der Waals surface area contributed by atoms with Crippen molar-refractivity contribution in [2.24, 2.45) is 0 Å². The molecular formula is C38H42N4O4. The van der Waals surface area contributed by atoms with Crippen LogP contribution < -0.4 is 15.0 Å². The van der Waals surface area contributed by atoms with Gasteiger partial charge >= 0.3 is 0 Å². The molecule has 1 saturated heterocycles. The van der Waals surface area contributed by atoms with Crippen LogP contribution in [0.2, 0.25) is 0 Å². The number of ether oxygens (including phenoxy) is 1. The van der Waals surface area contributed by atoms with Crippen molar-refractivity contribution in [3.8, 4) is 16.9 Å². The van der Waals surface area contributed by atoms with Gasteiger partial charge in [-0.3, -0.25) is 19.3 Å². The molecule has 0 aromatic heterocycles. The Morgan fingerprint density at radius 1 is 0.870 bits per heavy atom. The Balaban J connectivity index is 1.32. The molecular weight excluding hydrogens is 576 g/mol. The molecule has 0 radical (unpaired) electrons. The molecule has 1 unspecified atom stereocenters. The second kappa shape index (κ2) is 15.0. The lowest BCUT2D eigenvalue weighted by molar-refractivity contribution is -0.146. The standard InChI is InChI=1S/C38H42N4O4/c1-4-5-23-38(28-43,42-26-24-40(2)25-27-42)46-35-18-12-11-17-34(35)41(3)37(45)30-19-21-31(22-20-30)39-36(44)33-16-10-9-15-32(33)29-13-7-6-8-14-29/h6-22,28H,4-5,23-27H2,1-3H3,(H,39,44). The summed E-state index contributed by atoms with van der Waals surface area (Å²) < 4.78 is 6.61. The smallest absolute Gasteiger partial charge is 0.258 e. The van der Waals surface area contributed by atoms with Crippen molar-refractivity contribution < 1.29 is 19.1 Å². The van der Waals surface area contributed by atoms with Gasteiger partial charge in [0, 0.05) is 56.5 Å². The second-order valence-electron chi connectivity index (χ2n) is 11.7.